The van der Waals surface area contributed by atoms with E-state index in [1.54, 1.807) is 0 Å². The largest absolute Gasteiger partial charge is 0.454 e. The van der Waals surface area contributed by atoms with Crippen molar-refractivity contribution in [2.24, 2.45) is 5.92 Å². The Bertz CT molecular complexity index is 632. The summed E-state index contributed by atoms with van der Waals surface area (Å²) in [5, 5.41) is 0. The summed E-state index contributed by atoms with van der Waals surface area (Å²) in [6.45, 7) is 13.6. The van der Waals surface area contributed by atoms with Crippen molar-refractivity contribution in [1.82, 2.24) is 9.80 Å². The van der Waals surface area contributed by atoms with Gasteiger partial charge >= 0.3 is 0 Å². The average molecular weight is 346 g/mol. The molecule has 1 unspecified atom stereocenters. The normalized spacial score (nSPS) is 18.8. The summed E-state index contributed by atoms with van der Waals surface area (Å²) in [7, 11) is 0. The smallest absolute Gasteiger partial charge is 0.231 e. The van der Waals surface area contributed by atoms with Gasteiger partial charge in [-0.15, -0.1) is 0 Å². The summed E-state index contributed by atoms with van der Waals surface area (Å²) in [4.78, 5) is 17.3. The van der Waals surface area contributed by atoms with Gasteiger partial charge in [-0.05, 0) is 58.7 Å². The van der Waals surface area contributed by atoms with Crippen LogP contribution in [0.15, 0.2) is 18.2 Å². The van der Waals surface area contributed by atoms with E-state index in [4.69, 9.17) is 9.47 Å². The molecule has 25 heavy (non-hydrogen) atoms. The van der Waals surface area contributed by atoms with Crippen LogP contribution in [0.1, 0.15) is 40.2 Å². The van der Waals surface area contributed by atoms with Gasteiger partial charge in [0.05, 0.1) is 5.92 Å². The minimum absolute atomic E-state index is 0.137. The van der Waals surface area contributed by atoms with Crippen molar-refractivity contribution in [3.8, 4) is 11.5 Å². The van der Waals surface area contributed by atoms with Crippen molar-refractivity contribution >= 4 is 5.91 Å². The van der Waals surface area contributed by atoms with Gasteiger partial charge < -0.3 is 14.4 Å². The van der Waals surface area contributed by atoms with Crippen molar-refractivity contribution in [3.63, 3.8) is 0 Å². The van der Waals surface area contributed by atoms with E-state index in [-0.39, 0.29) is 23.4 Å². The van der Waals surface area contributed by atoms with Gasteiger partial charge in [0.25, 0.3) is 0 Å². The monoisotopic (exact) mass is 346 g/mol. The fourth-order valence-corrected chi connectivity index (χ4v) is 3.62. The zero-order chi connectivity index (χ0) is 18.2. The Morgan fingerprint density at radius 2 is 1.96 bits per heavy atom. The third-order valence-electron chi connectivity index (χ3n) is 5.30. The molecular formula is C20H30N2O3. The Balaban J connectivity index is 1.60. The van der Waals surface area contributed by atoms with E-state index < -0.39 is 0 Å². The van der Waals surface area contributed by atoms with E-state index in [0.29, 0.717) is 6.79 Å². The molecule has 5 heteroatoms. The predicted molar refractivity (Wildman–Crippen MR) is 97.9 cm³/mol. The van der Waals surface area contributed by atoms with Gasteiger partial charge in [-0.3, -0.25) is 9.69 Å². The van der Waals surface area contributed by atoms with Crippen molar-refractivity contribution < 1.29 is 14.3 Å². The summed E-state index contributed by atoms with van der Waals surface area (Å²) in [5.41, 5.74) is 1.32. The summed E-state index contributed by atoms with van der Waals surface area (Å²) < 4.78 is 10.8. The van der Waals surface area contributed by atoms with Gasteiger partial charge in [0, 0.05) is 31.2 Å². The number of likely N-dealkylation sites (tertiary alicyclic amines) is 1. The molecule has 1 atom stereocenters. The van der Waals surface area contributed by atoms with Crippen molar-refractivity contribution in [1.29, 1.82) is 0 Å². The molecule has 0 spiro atoms. The van der Waals surface area contributed by atoms with Crippen LogP contribution in [0.25, 0.3) is 0 Å². The molecule has 2 aliphatic rings. The molecule has 1 fully saturated rings. The standard InChI is InChI=1S/C20H30N2O3/c1-6-22(19(23)16-11-21(12-16)20(3,4)5)14(2)9-15-7-8-17-18(10-15)25-13-24-17/h7-8,10,14,16H,6,9,11-13H2,1-5H3. The lowest BCUT2D eigenvalue weighted by molar-refractivity contribution is -0.145. The van der Waals surface area contributed by atoms with E-state index >= 15 is 0 Å². The number of benzene rings is 1. The molecule has 0 saturated carbocycles. The van der Waals surface area contributed by atoms with Crippen LogP contribution in [0, 0.1) is 5.92 Å². The maximum absolute atomic E-state index is 12.9. The predicted octanol–water partition coefficient (Wildman–Crippen LogP) is 2.93. The van der Waals surface area contributed by atoms with E-state index in [0.717, 1.165) is 37.6 Å². The first-order chi connectivity index (χ1) is 11.8. The zero-order valence-corrected chi connectivity index (χ0v) is 16.0. The van der Waals surface area contributed by atoms with Crippen LogP contribution in [-0.4, -0.2) is 53.7 Å². The van der Waals surface area contributed by atoms with E-state index in [9.17, 15) is 4.79 Å². The Kier molecular flexibility index (Phi) is 4.96. The maximum Gasteiger partial charge on any atom is 0.231 e. The zero-order valence-electron chi connectivity index (χ0n) is 16.0. The molecule has 0 aromatic heterocycles. The molecule has 1 aromatic rings. The van der Waals surface area contributed by atoms with Crippen molar-refractivity contribution in [2.45, 2.75) is 52.6 Å². The highest BCUT2D eigenvalue weighted by molar-refractivity contribution is 5.80. The summed E-state index contributed by atoms with van der Waals surface area (Å²) in [5.74, 6) is 2.03. The molecule has 138 valence electrons. The van der Waals surface area contributed by atoms with Crippen LogP contribution in [0.3, 0.4) is 0 Å². The highest BCUT2D eigenvalue weighted by Crippen LogP contribution is 2.33. The Hall–Kier alpha value is -1.75. The fourth-order valence-electron chi connectivity index (χ4n) is 3.62. The second kappa shape index (κ2) is 6.87. The van der Waals surface area contributed by atoms with Gasteiger partial charge in [-0.1, -0.05) is 6.07 Å². The van der Waals surface area contributed by atoms with E-state index in [1.165, 1.54) is 5.56 Å². The summed E-state index contributed by atoms with van der Waals surface area (Å²) in [6, 6.07) is 6.21. The third-order valence-corrected chi connectivity index (χ3v) is 5.30. The molecule has 2 aliphatic heterocycles. The number of nitrogens with zero attached hydrogens (tertiary/aromatic N) is 2. The topological polar surface area (TPSA) is 42.0 Å². The van der Waals surface area contributed by atoms with E-state index in [1.807, 2.05) is 17.0 Å². The van der Waals surface area contributed by atoms with Gasteiger partial charge in [-0.2, -0.15) is 0 Å². The number of rotatable bonds is 5. The molecule has 2 heterocycles. The number of carbonyl (C=O) groups excluding carboxylic acids is 1. The molecule has 0 N–H and O–H groups in total. The lowest BCUT2D eigenvalue weighted by Gasteiger charge is -2.48. The minimum Gasteiger partial charge on any atom is -0.454 e. The second-order valence-electron chi connectivity index (χ2n) is 8.14. The number of amides is 1. The highest BCUT2D eigenvalue weighted by Gasteiger charge is 2.40. The number of likely N-dealkylation sites (N-methyl/N-ethyl adjacent to an activating group) is 1. The second-order valence-corrected chi connectivity index (χ2v) is 8.14. The molecule has 1 amide bonds. The first-order valence-electron chi connectivity index (χ1n) is 9.23. The number of ether oxygens (including phenoxy) is 2. The van der Waals surface area contributed by atoms with Crippen LogP contribution in [-0.2, 0) is 11.2 Å². The van der Waals surface area contributed by atoms with Gasteiger partial charge in [0.1, 0.15) is 0 Å². The highest BCUT2D eigenvalue weighted by atomic mass is 16.7. The SMILES string of the molecule is CCN(C(=O)C1CN(C(C)(C)C)C1)C(C)Cc1ccc2c(c1)OCO2. The van der Waals surface area contributed by atoms with Crippen molar-refractivity contribution in [3.05, 3.63) is 23.8 Å². The lowest BCUT2D eigenvalue weighted by atomic mass is 9.91. The molecule has 0 radical (unpaired) electrons. The van der Waals surface area contributed by atoms with Gasteiger partial charge in [0.2, 0.25) is 12.7 Å². The van der Waals surface area contributed by atoms with Crippen LogP contribution in [0.4, 0.5) is 0 Å². The lowest BCUT2D eigenvalue weighted by Crippen LogP contribution is -2.61. The fraction of sp³-hybridized carbons (Fsp3) is 0.650. The minimum atomic E-state index is 0.137. The van der Waals surface area contributed by atoms with Gasteiger partial charge in [0.15, 0.2) is 11.5 Å². The molecule has 1 saturated heterocycles. The number of hydrogen-bond acceptors (Lipinski definition) is 4. The molecular weight excluding hydrogens is 316 g/mol. The summed E-state index contributed by atoms with van der Waals surface area (Å²) in [6.07, 6.45) is 0.825. The molecule has 3 rings (SSSR count). The number of carbonyl (C=O) groups is 1. The van der Waals surface area contributed by atoms with E-state index in [2.05, 4.69) is 45.6 Å². The van der Waals surface area contributed by atoms with Crippen LogP contribution in [0.2, 0.25) is 0 Å². The molecule has 0 bridgehead atoms. The van der Waals surface area contributed by atoms with Crippen molar-refractivity contribution in [2.75, 3.05) is 26.4 Å². The Labute approximate surface area is 150 Å². The first kappa shape index (κ1) is 18.1. The Morgan fingerprint density at radius 3 is 2.60 bits per heavy atom. The first-order valence-corrected chi connectivity index (χ1v) is 9.23. The van der Waals surface area contributed by atoms with Crippen LogP contribution in [0.5, 0.6) is 11.5 Å². The molecule has 5 nitrogen and oxygen atoms in total. The maximum atomic E-state index is 12.9. The molecule has 0 aliphatic carbocycles. The number of fused-ring (bicyclic) bond motifs is 1. The van der Waals surface area contributed by atoms with Crippen LogP contribution < -0.4 is 9.47 Å². The average Bonchev–Trinajstić information content (AvgIpc) is 2.92. The third kappa shape index (κ3) is 3.76. The summed E-state index contributed by atoms with van der Waals surface area (Å²) >= 11 is 0. The van der Waals surface area contributed by atoms with Crippen LogP contribution >= 0.6 is 0 Å². The Morgan fingerprint density at radius 1 is 1.28 bits per heavy atom. The quantitative estimate of drug-likeness (QED) is 0.822. The molecule has 1 aromatic carbocycles. The van der Waals surface area contributed by atoms with Gasteiger partial charge in [-0.25, -0.2) is 0 Å². The number of hydrogen-bond donors (Lipinski definition) is 0.